The highest BCUT2D eigenvalue weighted by atomic mass is 32.2. The number of rotatable bonds is 3. The average molecular weight is 332 g/mol. The van der Waals surface area contributed by atoms with Crippen LogP contribution in [0.15, 0.2) is 41.3 Å². The molecule has 1 aliphatic carbocycles. The third-order valence-electron chi connectivity index (χ3n) is 4.34. The second-order valence-electron chi connectivity index (χ2n) is 6.27. The number of aromatic hydroxyl groups is 1. The molecule has 5 heteroatoms. The van der Waals surface area contributed by atoms with Gasteiger partial charge in [0.05, 0.1) is 0 Å². The van der Waals surface area contributed by atoms with Gasteiger partial charge in [0.2, 0.25) is 0 Å². The van der Waals surface area contributed by atoms with Crippen LogP contribution in [0, 0.1) is 12.8 Å². The van der Waals surface area contributed by atoms with Gasteiger partial charge in [-0.1, -0.05) is 19.1 Å². The smallest absolute Gasteiger partial charge is 0.179 e. The first kappa shape index (κ1) is 15.9. The quantitative estimate of drug-likeness (QED) is 0.935. The first-order valence-electron chi connectivity index (χ1n) is 7.55. The van der Waals surface area contributed by atoms with Crippen LogP contribution in [0.2, 0.25) is 0 Å². The van der Waals surface area contributed by atoms with E-state index in [2.05, 4.69) is 6.92 Å². The monoisotopic (exact) mass is 332 g/mol. The lowest BCUT2D eigenvalue weighted by molar-refractivity contribution is 0.155. The van der Waals surface area contributed by atoms with Crippen LogP contribution in [0.5, 0.6) is 11.5 Å². The maximum absolute atomic E-state index is 11.9. The fourth-order valence-corrected chi connectivity index (χ4v) is 4.07. The molecule has 0 spiro atoms. The molecule has 4 nitrogen and oxygen atoms in total. The second kappa shape index (κ2) is 5.57. The van der Waals surface area contributed by atoms with E-state index in [1.165, 1.54) is 11.8 Å². The maximum Gasteiger partial charge on any atom is 0.179 e. The van der Waals surface area contributed by atoms with E-state index in [9.17, 15) is 13.5 Å². The Hall–Kier alpha value is -2.01. The molecule has 0 amide bonds. The summed E-state index contributed by atoms with van der Waals surface area (Å²) >= 11 is 0. The van der Waals surface area contributed by atoms with E-state index in [4.69, 9.17) is 4.74 Å². The number of aryl methyl sites for hydroxylation is 1. The van der Waals surface area contributed by atoms with E-state index < -0.39 is 9.84 Å². The highest BCUT2D eigenvalue weighted by molar-refractivity contribution is 7.90. The van der Waals surface area contributed by atoms with Crippen LogP contribution in [-0.4, -0.2) is 19.8 Å². The molecule has 0 aromatic heterocycles. The maximum atomic E-state index is 11.9. The SMILES string of the molecule is Cc1cc(O)cc2c1CC(C)[C@H]2Oc1ccccc1S(C)(=O)=O. The van der Waals surface area contributed by atoms with Gasteiger partial charge < -0.3 is 9.84 Å². The fourth-order valence-electron chi connectivity index (χ4n) is 3.26. The molecule has 23 heavy (non-hydrogen) atoms. The number of sulfone groups is 1. The fraction of sp³-hybridized carbons (Fsp3) is 0.333. The van der Waals surface area contributed by atoms with Gasteiger partial charge in [0.15, 0.2) is 9.84 Å². The number of fused-ring (bicyclic) bond motifs is 1. The minimum absolute atomic E-state index is 0.192. The van der Waals surface area contributed by atoms with Crippen molar-refractivity contribution in [2.24, 2.45) is 5.92 Å². The van der Waals surface area contributed by atoms with E-state index in [1.807, 2.05) is 6.92 Å². The largest absolute Gasteiger partial charge is 0.508 e. The highest BCUT2D eigenvalue weighted by Crippen LogP contribution is 2.43. The Morgan fingerprint density at radius 1 is 1.22 bits per heavy atom. The van der Waals surface area contributed by atoms with Crippen molar-refractivity contribution in [2.45, 2.75) is 31.3 Å². The molecular formula is C18H20O4S. The Labute approximate surface area is 136 Å². The van der Waals surface area contributed by atoms with Gasteiger partial charge in [-0.3, -0.25) is 0 Å². The summed E-state index contributed by atoms with van der Waals surface area (Å²) in [5.41, 5.74) is 3.16. The zero-order valence-electron chi connectivity index (χ0n) is 13.4. The Morgan fingerprint density at radius 3 is 2.61 bits per heavy atom. The van der Waals surface area contributed by atoms with Crippen molar-refractivity contribution in [3.05, 3.63) is 53.1 Å². The Kier molecular flexibility index (Phi) is 3.84. The summed E-state index contributed by atoms with van der Waals surface area (Å²) in [4.78, 5) is 0.192. The lowest BCUT2D eigenvalue weighted by Crippen LogP contribution is -2.13. The lowest BCUT2D eigenvalue weighted by atomic mass is 10.0. The van der Waals surface area contributed by atoms with Crippen molar-refractivity contribution in [3.63, 3.8) is 0 Å². The Bertz CT molecular complexity index is 855. The summed E-state index contributed by atoms with van der Waals surface area (Å²) in [5.74, 6) is 0.777. The van der Waals surface area contributed by atoms with Crippen LogP contribution in [0.25, 0.3) is 0 Å². The number of hydrogen-bond donors (Lipinski definition) is 1. The van der Waals surface area contributed by atoms with Gasteiger partial charge >= 0.3 is 0 Å². The molecule has 1 N–H and O–H groups in total. The topological polar surface area (TPSA) is 63.6 Å². The van der Waals surface area contributed by atoms with E-state index in [0.717, 1.165) is 17.5 Å². The van der Waals surface area contributed by atoms with Crippen LogP contribution in [0.4, 0.5) is 0 Å². The summed E-state index contributed by atoms with van der Waals surface area (Å²) in [6, 6.07) is 10.1. The van der Waals surface area contributed by atoms with E-state index in [1.54, 1.807) is 36.4 Å². The van der Waals surface area contributed by atoms with Crippen LogP contribution in [0.3, 0.4) is 0 Å². The van der Waals surface area contributed by atoms with Crippen LogP contribution >= 0.6 is 0 Å². The number of hydrogen-bond acceptors (Lipinski definition) is 4. The number of phenolic OH excluding ortho intramolecular Hbond substituents is 1. The number of benzene rings is 2. The molecule has 1 unspecified atom stereocenters. The van der Waals surface area contributed by atoms with E-state index >= 15 is 0 Å². The lowest BCUT2D eigenvalue weighted by Gasteiger charge is -2.21. The van der Waals surface area contributed by atoms with Crippen LogP contribution in [-0.2, 0) is 16.3 Å². The van der Waals surface area contributed by atoms with Gasteiger partial charge in [-0.25, -0.2) is 8.42 Å². The van der Waals surface area contributed by atoms with Crippen molar-refractivity contribution >= 4 is 9.84 Å². The molecule has 0 bridgehead atoms. The zero-order valence-corrected chi connectivity index (χ0v) is 14.2. The zero-order chi connectivity index (χ0) is 16.8. The third-order valence-corrected chi connectivity index (χ3v) is 5.48. The summed E-state index contributed by atoms with van der Waals surface area (Å²) in [7, 11) is -3.36. The average Bonchev–Trinajstić information content (AvgIpc) is 2.76. The number of para-hydroxylation sites is 1. The molecule has 1 aliphatic rings. The molecule has 0 radical (unpaired) electrons. The van der Waals surface area contributed by atoms with Crippen molar-refractivity contribution in [2.75, 3.05) is 6.26 Å². The minimum Gasteiger partial charge on any atom is -0.508 e. The van der Waals surface area contributed by atoms with E-state index in [-0.39, 0.29) is 22.7 Å². The van der Waals surface area contributed by atoms with Gasteiger partial charge in [0, 0.05) is 12.2 Å². The summed E-state index contributed by atoms with van der Waals surface area (Å²) < 4.78 is 30.0. The van der Waals surface area contributed by atoms with Gasteiger partial charge in [-0.05, 0) is 54.3 Å². The predicted molar refractivity (Wildman–Crippen MR) is 88.6 cm³/mol. The van der Waals surface area contributed by atoms with Gasteiger partial charge in [-0.2, -0.15) is 0 Å². The molecule has 3 rings (SSSR count). The number of phenols is 1. The Morgan fingerprint density at radius 2 is 1.91 bits per heavy atom. The van der Waals surface area contributed by atoms with Crippen LogP contribution < -0.4 is 4.74 Å². The summed E-state index contributed by atoms with van der Waals surface area (Å²) in [6.45, 7) is 4.04. The molecule has 0 saturated carbocycles. The van der Waals surface area contributed by atoms with Crippen molar-refractivity contribution in [3.8, 4) is 11.5 Å². The van der Waals surface area contributed by atoms with Crippen molar-refractivity contribution in [1.29, 1.82) is 0 Å². The molecule has 0 saturated heterocycles. The molecule has 0 heterocycles. The third kappa shape index (κ3) is 2.93. The standard InChI is InChI=1S/C18H20O4S/c1-11-8-13(19)10-15-14(11)9-12(2)18(15)22-16-6-4-5-7-17(16)23(3,20)21/h4-8,10,12,18-19H,9H2,1-3H3/t12?,18-/m1/s1. The van der Waals surface area contributed by atoms with Crippen molar-refractivity contribution < 1.29 is 18.3 Å². The molecule has 2 aromatic rings. The van der Waals surface area contributed by atoms with Gasteiger partial charge in [0.25, 0.3) is 0 Å². The van der Waals surface area contributed by atoms with Gasteiger partial charge in [-0.15, -0.1) is 0 Å². The summed E-state index contributed by atoms with van der Waals surface area (Å²) in [5, 5.41) is 9.88. The highest BCUT2D eigenvalue weighted by Gasteiger charge is 2.33. The predicted octanol–water partition coefficient (Wildman–Crippen LogP) is 3.42. The van der Waals surface area contributed by atoms with Gasteiger partial charge in [0.1, 0.15) is 22.5 Å². The second-order valence-corrected chi connectivity index (χ2v) is 8.25. The number of ether oxygens (including phenoxy) is 1. The van der Waals surface area contributed by atoms with E-state index in [0.29, 0.717) is 5.75 Å². The normalized spacial score (nSPS) is 20.3. The first-order valence-corrected chi connectivity index (χ1v) is 9.44. The molecule has 2 atom stereocenters. The molecule has 0 fully saturated rings. The van der Waals surface area contributed by atoms with Crippen molar-refractivity contribution in [1.82, 2.24) is 0 Å². The first-order chi connectivity index (χ1) is 10.8. The molecule has 0 aliphatic heterocycles. The molecular weight excluding hydrogens is 312 g/mol. The van der Waals surface area contributed by atoms with Crippen LogP contribution in [0.1, 0.15) is 29.7 Å². The minimum atomic E-state index is -3.36. The Balaban J connectivity index is 2.04. The summed E-state index contributed by atoms with van der Waals surface area (Å²) in [6.07, 6.45) is 1.77. The molecule has 122 valence electrons. The molecule has 2 aromatic carbocycles.